The fraction of sp³-hybridized carbons (Fsp3) is 0.286. The highest BCUT2D eigenvalue weighted by atomic mass is 32.1. The molecule has 0 aliphatic heterocycles. The molecule has 1 atom stereocenters. The van der Waals surface area contributed by atoms with Crippen LogP contribution in [0.5, 0.6) is 0 Å². The van der Waals surface area contributed by atoms with E-state index in [-0.39, 0.29) is 19.3 Å². The summed E-state index contributed by atoms with van der Waals surface area (Å²) < 4.78 is 6.55. The van der Waals surface area contributed by atoms with Crippen molar-refractivity contribution in [2.24, 2.45) is 17.6 Å². The number of hydrogen-bond acceptors (Lipinski definition) is 5. The summed E-state index contributed by atoms with van der Waals surface area (Å²) in [6.45, 7) is 0. The van der Waals surface area contributed by atoms with Crippen molar-refractivity contribution in [2.75, 3.05) is 0 Å². The molecule has 1 unspecified atom stereocenters. The Hall–Kier alpha value is -2.77. The van der Waals surface area contributed by atoms with E-state index in [9.17, 15) is 14.7 Å². The number of para-hydroxylation sites is 1. The van der Waals surface area contributed by atoms with E-state index in [0.717, 1.165) is 5.39 Å². The Morgan fingerprint density at radius 3 is 2.46 bits per heavy atom. The Morgan fingerprint density at radius 1 is 1.11 bits per heavy atom. The molecule has 1 aliphatic rings. The highest BCUT2D eigenvalue weighted by Gasteiger charge is 2.50. The highest BCUT2D eigenvalue weighted by molar-refractivity contribution is 7.72. The lowest BCUT2D eigenvalue weighted by Gasteiger charge is -2.43. The van der Waals surface area contributed by atoms with E-state index < -0.39 is 29.3 Å². The van der Waals surface area contributed by atoms with Gasteiger partial charge in [0, 0.05) is 17.2 Å². The van der Waals surface area contributed by atoms with Crippen LogP contribution in [0.1, 0.15) is 18.4 Å². The van der Waals surface area contributed by atoms with Gasteiger partial charge in [-0.15, -0.1) is 0 Å². The number of carboxylic acids is 2. The van der Waals surface area contributed by atoms with Gasteiger partial charge in [-0.05, 0) is 42.5 Å². The molecular weight excluding hydrogens is 378 g/mol. The molecule has 4 rings (SSSR count). The van der Waals surface area contributed by atoms with Gasteiger partial charge in [0.1, 0.15) is 16.7 Å². The van der Waals surface area contributed by atoms with Crippen molar-refractivity contribution in [1.29, 1.82) is 0 Å². The molecule has 2 aromatic carbocycles. The van der Waals surface area contributed by atoms with Crippen LogP contribution in [0.2, 0.25) is 0 Å². The first-order chi connectivity index (χ1) is 13.3. The largest absolute Gasteiger partial charge is 0.481 e. The van der Waals surface area contributed by atoms with Crippen molar-refractivity contribution in [3.63, 3.8) is 0 Å². The van der Waals surface area contributed by atoms with Gasteiger partial charge in [-0.3, -0.25) is 9.59 Å². The summed E-state index contributed by atoms with van der Waals surface area (Å²) in [6.07, 6.45) is 0.571. The fourth-order valence-electron chi connectivity index (χ4n) is 4.01. The molecule has 144 valence electrons. The molecule has 0 spiro atoms. The van der Waals surface area contributed by atoms with Gasteiger partial charge in [0.25, 0.3) is 0 Å². The van der Waals surface area contributed by atoms with Crippen molar-refractivity contribution < 1.29 is 24.2 Å². The number of aliphatic carboxylic acids is 2. The van der Waals surface area contributed by atoms with Gasteiger partial charge in [0.05, 0.1) is 10.4 Å². The van der Waals surface area contributed by atoms with Crippen molar-refractivity contribution in [2.45, 2.75) is 24.8 Å². The first-order valence-electron chi connectivity index (χ1n) is 9.00. The van der Waals surface area contributed by atoms with Crippen LogP contribution < -0.4 is 5.73 Å². The van der Waals surface area contributed by atoms with Crippen LogP contribution in [0.15, 0.2) is 46.9 Å². The summed E-state index contributed by atoms with van der Waals surface area (Å²) in [4.78, 5) is 23.2. The maximum atomic E-state index is 12.0. The monoisotopic (exact) mass is 397 g/mol. The second-order valence-electron chi connectivity index (χ2n) is 7.44. The van der Waals surface area contributed by atoms with Gasteiger partial charge < -0.3 is 20.4 Å². The van der Waals surface area contributed by atoms with Crippen LogP contribution in [-0.2, 0) is 16.0 Å². The third kappa shape index (κ3) is 2.87. The van der Waals surface area contributed by atoms with Crippen molar-refractivity contribution in [3.05, 3.63) is 52.5 Å². The fourth-order valence-corrected chi connectivity index (χ4v) is 4.41. The van der Waals surface area contributed by atoms with Crippen LogP contribution in [0, 0.1) is 16.3 Å². The van der Waals surface area contributed by atoms with Crippen molar-refractivity contribution in [3.8, 4) is 0 Å². The smallest absolute Gasteiger partial charge is 0.324 e. The topological polar surface area (TPSA) is 114 Å². The predicted octanol–water partition coefficient (Wildman–Crippen LogP) is 3.75. The first kappa shape index (κ1) is 18.6. The summed E-state index contributed by atoms with van der Waals surface area (Å²) in [6, 6.07) is 12.8. The van der Waals surface area contributed by atoms with Gasteiger partial charge in [-0.25, -0.2) is 0 Å². The quantitative estimate of drug-likeness (QED) is 0.444. The van der Waals surface area contributed by atoms with E-state index in [1.807, 2.05) is 24.3 Å². The van der Waals surface area contributed by atoms with E-state index in [1.54, 1.807) is 18.2 Å². The number of benzene rings is 2. The summed E-state index contributed by atoms with van der Waals surface area (Å²) in [7, 11) is 0. The molecular formula is C21H19NO5S. The molecule has 4 N–H and O–H groups in total. The third-order valence-corrected chi connectivity index (χ3v) is 6.21. The number of carboxylic acid groups (broad SMARTS) is 2. The minimum absolute atomic E-state index is 0.0498. The van der Waals surface area contributed by atoms with Crippen LogP contribution in [0.25, 0.3) is 21.9 Å². The summed E-state index contributed by atoms with van der Waals surface area (Å²) in [5, 5.41) is 20.4. The molecule has 0 bridgehead atoms. The molecule has 0 amide bonds. The standard InChI is InChI=1S/C21H19NO5S/c22-21(20(25)26,13-8-12(9-13)19(23)24)10-11-4-3-7-16-17(11)18(28)14-5-1-2-6-15(14)27-16/h1-7,12-13H,8-10,22H2,(H,23,24)(H,25,26). The maximum absolute atomic E-state index is 12.0. The molecule has 3 aromatic rings. The number of hydrogen-bond donors (Lipinski definition) is 3. The van der Waals surface area contributed by atoms with Gasteiger partial charge in [0.15, 0.2) is 0 Å². The number of carbonyl (C=O) groups is 2. The maximum Gasteiger partial charge on any atom is 0.324 e. The lowest BCUT2D eigenvalue weighted by atomic mass is 9.63. The van der Waals surface area contributed by atoms with Crippen molar-refractivity contribution in [1.82, 2.24) is 0 Å². The van der Waals surface area contributed by atoms with Crippen LogP contribution >= 0.6 is 12.2 Å². The van der Waals surface area contributed by atoms with E-state index in [0.29, 0.717) is 26.6 Å². The Labute approximate surface area is 165 Å². The Bertz CT molecular complexity index is 1160. The second-order valence-corrected chi connectivity index (χ2v) is 7.85. The van der Waals surface area contributed by atoms with Crippen LogP contribution in [0.3, 0.4) is 0 Å². The SMILES string of the molecule is NC(Cc1cccc2oc3ccccc3c(=S)c12)(C(=O)O)C1CC(C(=O)O)C1. The highest BCUT2D eigenvalue weighted by Crippen LogP contribution is 2.42. The van der Waals surface area contributed by atoms with Gasteiger partial charge in [-0.2, -0.15) is 0 Å². The van der Waals surface area contributed by atoms with Crippen LogP contribution in [-0.4, -0.2) is 27.7 Å². The summed E-state index contributed by atoms with van der Waals surface area (Å²) in [5.41, 5.74) is 6.71. The molecule has 1 aliphatic carbocycles. The number of nitrogens with two attached hydrogens (primary N) is 1. The lowest BCUT2D eigenvalue weighted by Crippen LogP contribution is -2.60. The molecule has 6 nitrogen and oxygen atoms in total. The number of rotatable bonds is 5. The van der Waals surface area contributed by atoms with Crippen molar-refractivity contribution >= 4 is 46.1 Å². The minimum atomic E-state index is -1.56. The molecule has 1 heterocycles. The van der Waals surface area contributed by atoms with E-state index in [4.69, 9.17) is 27.5 Å². The van der Waals surface area contributed by atoms with Gasteiger partial charge in [-0.1, -0.05) is 36.5 Å². The predicted molar refractivity (Wildman–Crippen MR) is 107 cm³/mol. The first-order valence-corrected chi connectivity index (χ1v) is 9.40. The van der Waals surface area contributed by atoms with E-state index in [1.165, 1.54) is 0 Å². The number of fused-ring (bicyclic) bond motifs is 2. The average Bonchev–Trinajstić information content (AvgIpc) is 2.60. The molecule has 0 saturated heterocycles. The third-order valence-electron chi connectivity index (χ3n) is 5.79. The Kier molecular flexibility index (Phi) is 4.44. The zero-order chi connectivity index (χ0) is 20.1. The normalized spacial score (nSPS) is 21.2. The Balaban J connectivity index is 1.80. The average molecular weight is 397 g/mol. The summed E-state index contributed by atoms with van der Waals surface area (Å²) >= 11 is 5.67. The molecule has 7 heteroatoms. The minimum Gasteiger partial charge on any atom is -0.481 e. The molecule has 1 aromatic heterocycles. The van der Waals surface area contributed by atoms with E-state index >= 15 is 0 Å². The van der Waals surface area contributed by atoms with Gasteiger partial charge in [0.2, 0.25) is 0 Å². The molecule has 28 heavy (non-hydrogen) atoms. The van der Waals surface area contributed by atoms with E-state index in [2.05, 4.69) is 0 Å². The Morgan fingerprint density at radius 2 is 1.79 bits per heavy atom. The van der Waals surface area contributed by atoms with Gasteiger partial charge >= 0.3 is 11.9 Å². The molecule has 1 fully saturated rings. The van der Waals surface area contributed by atoms with Crippen LogP contribution in [0.4, 0.5) is 0 Å². The second kappa shape index (κ2) is 6.68. The zero-order valence-corrected chi connectivity index (χ0v) is 15.7. The lowest BCUT2D eigenvalue weighted by molar-refractivity contribution is -0.155. The summed E-state index contributed by atoms with van der Waals surface area (Å²) in [5.74, 6) is -2.99. The molecule has 0 radical (unpaired) electrons. The zero-order valence-electron chi connectivity index (χ0n) is 14.9. The molecule has 1 saturated carbocycles.